The SMILES string of the molecule is CCOC(=O)[C@@H](N)CSCC1CCCCC1.Cl. The Morgan fingerprint density at radius 3 is 2.65 bits per heavy atom. The fraction of sp³-hybridized carbons (Fsp3) is 0.917. The van der Waals surface area contributed by atoms with Crippen LogP contribution >= 0.6 is 24.2 Å². The first-order valence-electron chi connectivity index (χ1n) is 6.24. The Labute approximate surface area is 115 Å². The first kappa shape index (κ1) is 17.1. The van der Waals surface area contributed by atoms with Crippen LogP contribution in [0.5, 0.6) is 0 Å². The average Bonchev–Trinajstić information content (AvgIpc) is 2.30. The van der Waals surface area contributed by atoms with Gasteiger partial charge >= 0.3 is 5.97 Å². The summed E-state index contributed by atoms with van der Waals surface area (Å²) in [6, 6.07) is -0.450. The van der Waals surface area contributed by atoms with Crippen LogP contribution in [0.4, 0.5) is 0 Å². The Kier molecular flexibility index (Phi) is 10.1. The van der Waals surface area contributed by atoms with Gasteiger partial charge in [0.05, 0.1) is 6.61 Å². The zero-order chi connectivity index (χ0) is 11.8. The number of thioether (sulfide) groups is 1. The first-order valence-corrected chi connectivity index (χ1v) is 7.39. The van der Waals surface area contributed by atoms with Crippen LogP contribution in [-0.4, -0.2) is 30.1 Å². The standard InChI is InChI=1S/C12H23NO2S.ClH/c1-2-15-12(14)11(13)9-16-8-10-6-4-3-5-7-10;/h10-11H,2-9,13H2,1H3;1H/t11-;/m0./s1. The molecule has 0 amide bonds. The second-order valence-corrected chi connectivity index (χ2v) is 5.47. The van der Waals surface area contributed by atoms with Gasteiger partial charge in [0.1, 0.15) is 6.04 Å². The van der Waals surface area contributed by atoms with Crippen LogP contribution in [0.25, 0.3) is 0 Å². The Balaban J connectivity index is 0.00000256. The highest BCUT2D eigenvalue weighted by Crippen LogP contribution is 2.26. The third-order valence-corrected chi connectivity index (χ3v) is 4.27. The summed E-state index contributed by atoms with van der Waals surface area (Å²) in [5.41, 5.74) is 5.72. The first-order chi connectivity index (χ1) is 7.74. The molecule has 0 heterocycles. The van der Waals surface area contributed by atoms with E-state index in [1.165, 1.54) is 32.1 Å². The largest absolute Gasteiger partial charge is 0.465 e. The molecule has 1 fully saturated rings. The smallest absolute Gasteiger partial charge is 0.323 e. The van der Waals surface area contributed by atoms with Crippen LogP contribution in [0.2, 0.25) is 0 Å². The molecule has 0 aromatic carbocycles. The van der Waals surface area contributed by atoms with Gasteiger partial charge in [0.25, 0.3) is 0 Å². The summed E-state index contributed by atoms with van der Waals surface area (Å²) in [5, 5.41) is 0. The van der Waals surface area contributed by atoms with Gasteiger partial charge in [0.15, 0.2) is 0 Å². The number of hydrogen-bond acceptors (Lipinski definition) is 4. The summed E-state index contributed by atoms with van der Waals surface area (Å²) in [7, 11) is 0. The molecule has 1 rings (SSSR count). The van der Waals surface area contributed by atoms with E-state index < -0.39 is 6.04 Å². The zero-order valence-electron chi connectivity index (χ0n) is 10.5. The van der Waals surface area contributed by atoms with Crippen LogP contribution in [0.1, 0.15) is 39.0 Å². The normalized spacial score (nSPS) is 18.2. The summed E-state index contributed by atoms with van der Waals surface area (Å²) in [6.07, 6.45) is 6.83. The summed E-state index contributed by atoms with van der Waals surface area (Å²) >= 11 is 1.80. The lowest BCUT2D eigenvalue weighted by Gasteiger charge is -2.21. The van der Waals surface area contributed by atoms with Crippen LogP contribution in [-0.2, 0) is 9.53 Å². The third-order valence-electron chi connectivity index (χ3n) is 2.97. The van der Waals surface area contributed by atoms with Gasteiger partial charge < -0.3 is 10.5 Å². The fourth-order valence-corrected chi connectivity index (χ4v) is 3.23. The highest BCUT2D eigenvalue weighted by molar-refractivity contribution is 7.99. The molecule has 5 heteroatoms. The van der Waals surface area contributed by atoms with Gasteiger partial charge in [-0.15, -0.1) is 12.4 Å². The number of nitrogens with two attached hydrogens (primary N) is 1. The van der Waals surface area contributed by atoms with E-state index in [1.54, 1.807) is 18.7 Å². The number of hydrogen-bond donors (Lipinski definition) is 1. The van der Waals surface area contributed by atoms with Crippen molar-refractivity contribution in [2.45, 2.75) is 45.1 Å². The van der Waals surface area contributed by atoms with E-state index in [9.17, 15) is 4.79 Å². The molecule has 0 aromatic rings. The molecule has 0 bridgehead atoms. The number of ether oxygens (including phenoxy) is 1. The van der Waals surface area contributed by atoms with Crippen molar-refractivity contribution in [2.75, 3.05) is 18.1 Å². The molecule has 1 aliphatic rings. The predicted molar refractivity (Wildman–Crippen MR) is 75.8 cm³/mol. The van der Waals surface area contributed by atoms with E-state index in [1.807, 2.05) is 0 Å². The van der Waals surface area contributed by atoms with Crippen LogP contribution < -0.4 is 5.73 Å². The quantitative estimate of drug-likeness (QED) is 0.761. The maximum absolute atomic E-state index is 11.3. The summed E-state index contributed by atoms with van der Waals surface area (Å²) < 4.78 is 4.87. The van der Waals surface area contributed by atoms with Crippen LogP contribution in [0, 0.1) is 5.92 Å². The van der Waals surface area contributed by atoms with Crippen molar-refractivity contribution >= 4 is 30.1 Å². The van der Waals surface area contributed by atoms with Crippen LogP contribution in [0.15, 0.2) is 0 Å². The summed E-state index contributed by atoms with van der Waals surface area (Å²) in [5.74, 6) is 2.41. The number of esters is 1. The molecule has 17 heavy (non-hydrogen) atoms. The molecule has 0 aromatic heterocycles. The van der Waals surface area contributed by atoms with Crippen LogP contribution in [0.3, 0.4) is 0 Å². The monoisotopic (exact) mass is 281 g/mol. The number of carbonyl (C=O) groups excluding carboxylic acids is 1. The van der Waals surface area contributed by atoms with E-state index in [0.29, 0.717) is 12.4 Å². The molecular weight excluding hydrogens is 258 g/mol. The highest BCUT2D eigenvalue weighted by atomic mass is 35.5. The Hall–Kier alpha value is 0.0700. The predicted octanol–water partition coefficient (Wildman–Crippen LogP) is 2.61. The van der Waals surface area contributed by atoms with Crippen molar-refractivity contribution in [3.05, 3.63) is 0 Å². The topological polar surface area (TPSA) is 52.3 Å². The zero-order valence-corrected chi connectivity index (χ0v) is 12.2. The highest BCUT2D eigenvalue weighted by Gasteiger charge is 2.17. The average molecular weight is 282 g/mol. The molecule has 0 unspecified atom stereocenters. The second kappa shape index (κ2) is 10.0. The minimum absolute atomic E-state index is 0. The van der Waals surface area contributed by atoms with Gasteiger partial charge in [-0.25, -0.2) is 0 Å². The molecule has 0 saturated heterocycles. The van der Waals surface area contributed by atoms with E-state index in [-0.39, 0.29) is 18.4 Å². The Morgan fingerprint density at radius 1 is 1.41 bits per heavy atom. The summed E-state index contributed by atoms with van der Waals surface area (Å²) in [6.45, 7) is 2.22. The van der Waals surface area contributed by atoms with Crippen molar-refractivity contribution < 1.29 is 9.53 Å². The summed E-state index contributed by atoms with van der Waals surface area (Å²) in [4.78, 5) is 11.3. The van der Waals surface area contributed by atoms with Gasteiger partial charge in [0, 0.05) is 5.75 Å². The van der Waals surface area contributed by atoms with Gasteiger partial charge in [-0.05, 0) is 31.4 Å². The Morgan fingerprint density at radius 2 is 2.06 bits per heavy atom. The molecule has 102 valence electrons. The molecule has 1 atom stereocenters. The lowest BCUT2D eigenvalue weighted by atomic mass is 9.91. The lowest BCUT2D eigenvalue weighted by molar-refractivity contribution is -0.144. The molecule has 0 spiro atoms. The van der Waals surface area contributed by atoms with Gasteiger partial charge in [-0.2, -0.15) is 11.8 Å². The molecule has 2 N–H and O–H groups in total. The molecule has 0 radical (unpaired) electrons. The lowest BCUT2D eigenvalue weighted by Crippen LogP contribution is -2.34. The molecular formula is C12H24ClNO2S. The van der Waals surface area contributed by atoms with E-state index in [2.05, 4.69) is 0 Å². The van der Waals surface area contributed by atoms with E-state index >= 15 is 0 Å². The minimum atomic E-state index is -0.450. The van der Waals surface area contributed by atoms with Crippen molar-refractivity contribution in [1.29, 1.82) is 0 Å². The van der Waals surface area contributed by atoms with E-state index in [0.717, 1.165) is 11.7 Å². The maximum atomic E-state index is 11.3. The fourth-order valence-electron chi connectivity index (χ4n) is 2.03. The second-order valence-electron chi connectivity index (χ2n) is 4.40. The van der Waals surface area contributed by atoms with Gasteiger partial charge in [-0.3, -0.25) is 4.79 Å². The van der Waals surface area contributed by atoms with E-state index in [4.69, 9.17) is 10.5 Å². The van der Waals surface area contributed by atoms with Gasteiger partial charge in [-0.1, -0.05) is 19.3 Å². The van der Waals surface area contributed by atoms with Crippen molar-refractivity contribution in [1.82, 2.24) is 0 Å². The molecule has 0 aliphatic heterocycles. The molecule has 1 saturated carbocycles. The van der Waals surface area contributed by atoms with Crippen molar-refractivity contribution in [3.8, 4) is 0 Å². The minimum Gasteiger partial charge on any atom is -0.465 e. The number of rotatable bonds is 6. The third kappa shape index (κ3) is 7.17. The Bertz CT molecular complexity index is 211. The molecule has 1 aliphatic carbocycles. The van der Waals surface area contributed by atoms with Gasteiger partial charge in [0.2, 0.25) is 0 Å². The van der Waals surface area contributed by atoms with Crippen molar-refractivity contribution in [2.24, 2.45) is 11.7 Å². The van der Waals surface area contributed by atoms with Crippen molar-refractivity contribution in [3.63, 3.8) is 0 Å². The number of carbonyl (C=O) groups is 1. The number of halogens is 1. The maximum Gasteiger partial charge on any atom is 0.323 e. The molecule has 3 nitrogen and oxygen atoms in total.